The van der Waals surface area contributed by atoms with Crippen molar-refractivity contribution in [2.75, 3.05) is 5.75 Å². The number of hydrogen-bond donors (Lipinski definition) is 1. The topological polar surface area (TPSA) is 59.8 Å². The SMILES string of the molecule is CC(NC(=O)CSc1ncn(-c2ccccc2)n1)c1ccc(Cl)cc1. The van der Waals surface area contributed by atoms with Gasteiger partial charge < -0.3 is 5.32 Å². The average molecular weight is 373 g/mol. The molecule has 0 fully saturated rings. The van der Waals surface area contributed by atoms with Crippen molar-refractivity contribution in [3.05, 3.63) is 71.5 Å². The molecule has 0 bridgehead atoms. The molecule has 3 rings (SSSR count). The van der Waals surface area contributed by atoms with Crippen LogP contribution in [-0.2, 0) is 4.79 Å². The minimum atomic E-state index is -0.0831. The molecule has 5 nitrogen and oxygen atoms in total. The van der Waals surface area contributed by atoms with Crippen LogP contribution >= 0.6 is 23.4 Å². The highest BCUT2D eigenvalue weighted by molar-refractivity contribution is 7.99. The van der Waals surface area contributed by atoms with Gasteiger partial charge in [-0.05, 0) is 36.8 Å². The predicted octanol–water partition coefficient (Wildman–Crippen LogP) is 3.89. The van der Waals surface area contributed by atoms with E-state index in [2.05, 4.69) is 15.4 Å². The smallest absolute Gasteiger partial charge is 0.230 e. The highest BCUT2D eigenvalue weighted by atomic mass is 35.5. The van der Waals surface area contributed by atoms with Gasteiger partial charge >= 0.3 is 0 Å². The van der Waals surface area contributed by atoms with E-state index in [1.165, 1.54) is 11.8 Å². The van der Waals surface area contributed by atoms with Gasteiger partial charge in [0.25, 0.3) is 0 Å². The van der Waals surface area contributed by atoms with Gasteiger partial charge in [-0.15, -0.1) is 5.10 Å². The lowest BCUT2D eigenvalue weighted by Gasteiger charge is -2.13. The zero-order valence-corrected chi connectivity index (χ0v) is 15.2. The van der Waals surface area contributed by atoms with E-state index in [9.17, 15) is 4.79 Å². The Labute approximate surface area is 155 Å². The fraction of sp³-hybridized carbons (Fsp3) is 0.167. The third-order valence-corrected chi connectivity index (χ3v) is 4.68. The van der Waals surface area contributed by atoms with Crippen molar-refractivity contribution in [3.8, 4) is 5.69 Å². The minimum absolute atomic E-state index is 0.0662. The molecule has 1 atom stereocenters. The van der Waals surface area contributed by atoms with Crippen molar-refractivity contribution >= 4 is 29.3 Å². The van der Waals surface area contributed by atoms with E-state index in [0.29, 0.717) is 10.2 Å². The largest absolute Gasteiger partial charge is 0.349 e. The summed E-state index contributed by atoms with van der Waals surface area (Å²) >= 11 is 7.19. The number of thioether (sulfide) groups is 1. The third-order valence-electron chi connectivity index (χ3n) is 3.57. The van der Waals surface area contributed by atoms with Crippen molar-refractivity contribution in [2.45, 2.75) is 18.1 Å². The van der Waals surface area contributed by atoms with E-state index in [4.69, 9.17) is 11.6 Å². The molecule has 0 spiro atoms. The van der Waals surface area contributed by atoms with Gasteiger partial charge in [0.05, 0.1) is 17.5 Å². The number of carbonyl (C=O) groups excluding carboxylic acids is 1. The van der Waals surface area contributed by atoms with E-state index in [-0.39, 0.29) is 17.7 Å². The Morgan fingerprint density at radius 2 is 1.92 bits per heavy atom. The number of benzene rings is 2. The summed E-state index contributed by atoms with van der Waals surface area (Å²) < 4.78 is 1.69. The standard InChI is InChI=1S/C18H17ClN4OS/c1-13(14-7-9-15(19)10-8-14)21-17(24)11-25-18-20-12-23(22-18)16-5-3-2-4-6-16/h2-10,12-13H,11H2,1H3,(H,21,24). The summed E-state index contributed by atoms with van der Waals surface area (Å²) in [5, 5.41) is 8.58. The number of hydrogen-bond acceptors (Lipinski definition) is 4. The molecule has 0 radical (unpaired) electrons. The molecule has 1 aromatic heterocycles. The predicted molar refractivity (Wildman–Crippen MR) is 100 cm³/mol. The first-order valence-electron chi connectivity index (χ1n) is 7.76. The van der Waals surface area contributed by atoms with E-state index in [1.54, 1.807) is 11.0 Å². The number of nitrogens with zero attached hydrogens (tertiary/aromatic N) is 3. The van der Waals surface area contributed by atoms with E-state index < -0.39 is 0 Å². The highest BCUT2D eigenvalue weighted by Crippen LogP contribution is 2.17. The lowest BCUT2D eigenvalue weighted by atomic mass is 10.1. The Hall–Kier alpha value is -2.31. The normalized spacial score (nSPS) is 11.9. The Kier molecular flexibility index (Phi) is 5.73. The van der Waals surface area contributed by atoms with Gasteiger partial charge in [-0.1, -0.05) is 53.7 Å². The van der Waals surface area contributed by atoms with Crippen LogP contribution in [0.3, 0.4) is 0 Å². The van der Waals surface area contributed by atoms with Gasteiger partial charge in [-0.25, -0.2) is 9.67 Å². The maximum absolute atomic E-state index is 12.1. The van der Waals surface area contributed by atoms with Crippen molar-refractivity contribution in [3.63, 3.8) is 0 Å². The Balaban J connectivity index is 1.52. The second-order valence-electron chi connectivity index (χ2n) is 5.44. The van der Waals surface area contributed by atoms with Crippen molar-refractivity contribution in [1.82, 2.24) is 20.1 Å². The number of para-hydroxylation sites is 1. The van der Waals surface area contributed by atoms with E-state index in [0.717, 1.165) is 11.3 Å². The molecule has 25 heavy (non-hydrogen) atoms. The summed E-state index contributed by atoms with van der Waals surface area (Å²) in [4.78, 5) is 16.4. The van der Waals surface area contributed by atoms with Crippen molar-refractivity contribution in [1.29, 1.82) is 0 Å². The number of halogens is 1. The molecule has 3 aromatic rings. The molecule has 0 aliphatic rings. The first-order valence-corrected chi connectivity index (χ1v) is 9.13. The van der Waals surface area contributed by atoms with E-state index in [1.807, 2.05) is 61.5 Å². The second-order valence-corrected chi connectivity index (χ2v) is 6.82. The maximum atomic E-state index is 12.1. The molecule has 0 saturated carbocycles. The molecule has 1 N–H and O–H groups in total. The van der Waals surface area contributed by atoms with Crippen LogP contribution in [0.25, 0.3) is 5.69 Å². The third kappa shape index (κ3) is 4.84. The molecular weight excluding hydrogens is 356 g/mol. The van der Waals surface area contributed by atoms with Crippen LogP contribution in [0, 0.1) is 0 Å². The number of aromatic nitrogens is 3. The van der Waals surface area contributed by atoms with Gasteiger partial charge in [0.1, 0.15) is 6.33 Å². The first-order chi connectivity index (χ1) is 12.1. The molecule has 0 aliphatic carbocycles. The van der Waals surface area contributed by atoms with Crippen LogP contribution in [0.4, 0.5) is 0 Å². The lowest BCUT2D eigenvalue weighted by molar-refractivity contribution is -0.119. The Morgan fingerprint density at radius 3 is 2.64 bits per heavy atom. The summed E-state index contributed by atoms with van der Waals surface area (Å²) in [6.45, 7) is 1.94. The van der Waals surface area contributed by atoms with Crippen LogP contribution in [0.1, 0.15) is 18.5 Å². The van der Waals surface area contributed by atoms with Crippen molar-refractivity contribution < 1.29 is 4.79 Å². The monoisotopic (exact) mass is 372 g/mol. The van der Waals surface area contributed by atoms with Crippen LogP contribution in [0.5, 0.6) is 0 Å². The van der Waals surface area contributed by atoms with Crippen LogP contribution in [0.15, 0.2) is 66.1 Å². The summed E-state index contributed by atoms with van der Waals surface area (Å²) in [5.41, 5.74) is 1.94. The zero-order chi connectivity index (χ0) is 17.6. The zero-order valence-electron chi connectivity index (χ0n) is 13.6. The molecule has 1 unspecified atom stereocenters. The van der Waals surface area contributed by atoms with Gasteiger partial charge in [0.15, 0.2) is 0 Å². The summed E-state index contributed by atoms with van der Waals surface area (Å²) in [6.07, 6.45) is 1.64. The molecule has 7 heteroatoms. The summed E-state index contributed by atoms with van der Waals surface area (Å²) in [5.74, 6) is 0.194. The molecule has 0 aliphatic heterocycles. The number of nitrogens with one attached hydrogen (secondary N) is 1. The summed E-state index contributed by atoms with van der Waals surface area (Å²) in [6, 6.07) is 17.1. The maximum Gasteiger partial charge on any atom is 0.230 e. The Morgan fingerprint density at radius 1 is 1.20 bits per heavy atom. The van der Waals surface area contributed by atoms with E-state index >= 15 is 0 Å². The molecule has 2 aromatic carbocycles. The molecule has 0 saturated heterocycles. The molecule has 1 amide bonds. The quantitative estimate of drug-likeness (QED) is 0.667. The number of rotatable bonds is 6. The van der Waals surface area contributed by atoms with Crippen LogP contribution < -0.4 is 5.32 Å². The van der Waals surface area contributed by atoms with Crippen molar-refractivity contribution in [2.24, 2.45) is 0 Å². The fourth-order valence-electron chi connectivity index (χ4n) is 2.27. The van der Waals surface area contributed by atoms with Gasteiger partial charge in [-0.2, -0.15) is 0 Å². The van der Waals surface area contributed by atoms with Gasteiger partial charge in [0.2, 0.25) is 11.1 Å². The Bertz CT molecular complexity index is 836. The van der Waals surface area contributed by atoms with Gasteiger partial charge in [-0.3, -0.25) is 4.79 Å². The molecular formula is C18H17ClN4OS. The summed E-state index contributed by atoms with van der Waals surface area (Å²) in [7, 11) is 0. The first kappa shape index (κ1) is 17.5. The van der Waals surface area contributed by atoms with Crippen LogP contribution in [-0.4, -0.2) is 26.4 Å². The van der Waals surface area contributed by atoms with Gasteiger partial charge in [0, 0.05) is 5.02 Å². The number of carbonyl (C=O) groups is 1. The van der Waals surface area contributed by atoms with Crippen LogP contribution in [0.2, 0.25) is 5.02 Å². The minimum Gasteiger partial charge on any atom is -0.349 e. The lowest BCUT2D eigenvalue weighted by Crippen LogP contribution is -2.28. The molecule has 128 valence electrons. The number of amides is 1. The molecule has 1 heterocycles. The second kappa shape index (κ2) is 8.18. The average Bonchev–Trinajstić information content (AvgIpc) is 3.10. The highest BCUT2D eigenvalue weighted by Gasteiger charge is 2.11. The fourth-order valence-corrected chi connectivity index (χ4v) is 3.00.